The van der Waals surface area contributed by atoms with E-state index in [1.54, 1.807) is 0 Å². The Bertz CT molecular complexity index is 267. The summed E-state index contributed by atoms with van der Waals surface area (Å²) in [5.74, 6) is 0.276. The van der Waals surface area contributed by atoms with Gasteiger partial charge < -0.3 is 20.7 Å². The second-order valence-electron chi connectivity index (χ2n) is 5.51. The van der Waals surface area contributed by atoms with Crippen molar-refractivity contribution in [1.82, 2.24) is 10.2 Å². The van der Waals surface area contributed by atoms with Gasteiger partial charge in [0.1, 0.15) is 5.54 Å². The number of hydrogen-bond acceptors (Lipinski definition) is 4. The number of ether oxygens (including phenoxy) is 1. The van der Waals surface area contributed by atoms with Crippen LogP contribution in [-0.4, -0.2) is 56.2 Å². The predicted octanol–water partition coefficient (Wildman–Crippen LogP) is 0.198. The van der Waals surface area contributed by atoms with Crippen molar-refractivity contribution in [2.45, 2.75) is 32.2 Å². The number of hydrogen-bond donors (Lipinski definition) is 2. The molecular weight excluding hydrogens is 230 g/mol. The van der Waals surface area contributed by atoms with Gasteiger partial charge in [0.05, 0.1) is 6.61 Å². The van der Waals surface area contributed by atoms with Gasteiger partial charge in [-0.05, 0) is 39.3 Å². The van der Waals surface area contributed by atoms with E-state index in [9.17, 15) is 4.79 Å². The summed E-state index contributed by atoms with van der Waals surface area (Å²) in [7, 11) is 2.03. The van der Waals surface area contributed by atoms with Crippen molar-refractivity contribution in [3.8, 4) is 0 Å². The van der Waals surface area contributed by atoms with Gasteiger partial charge in [0.2, 0.25) is 5.91 Å². The fraction of sp³-hybridized carbons (Fsp3) is 0.923. The van der Waals surface area contributed by atoms with E-state index in [1.807, 2.05) is 20.9 Å². The monoisotopic (exact) mass is 257 g/mol. The van der Waals surface area contributed by atoms with Crippen LogP contribution in [0.15, 0.2) is 0 Å². The Kier molecular flexibility index (Phi) is 6.05. The Morgan fingerprint density at radius 1 is 1.61 bits per heavy atom. The SMILES string of the molecule is CCNC(C)(CN(C)CC1CCCOC1)C(N)=O. The van der Waals surface area contributed by atoms with E-state index in [2.05, 4.69) is 10.2 Å². The molecule has 0 aromatic rings. The molecule has 0 saturated carbocycles. The van der Waals surface area contributed by atoms with Crippen LogP contribution in [0.5, 0.6) is 0 Å². The molecule has 1 saturated heterocycles. The average Bonchev–Trinajstić information content (AvgIpc) is 2.30. The lowest BCUT2D eigenvalue weighted by molar-refractivity contribution is -0.124. The summed E-state index contributed by atoms with van der Waals surface area (Å²) in [6.45, 7) is 7.89. The van der Waals surface area contributed by atoms with E-state index in [0.717, 1.165) is 32.7 Å². The van der Waals surface area contributed by atoms with Crippen LogP contribution in [0.4, 0.5) is 0 Å². The maximum absolute atomic E-state index is 11.5. The van der Waals surface area contributed by atoms with Crippen molar-refractivity contribution in [2.24, 2.45) is 11.7 Å². The van der Waals surface area contributed by atoms with E-state index in [-0.39, 0.29) is 5.91 Å². The number of nitrogens with one attached hydrogen (secondary N) is 1. The molecule has 1 aliphatic rings. The lowest BCUT2D eigenvalue weighted by Crippen LogP contribution is -2.59. The first kappa shape index (κ1) is 15.4. The molecule has 2 unspecified atom stereocenters. The topological polar surface area (TPSA) is 67.6 Å². The van der Waals surface area contributed by atoms with Gasteiger partial charge in [-0.2, -0.15) is 0 Å². The number of amides is 1. The van der Waals surface area contributed by atoms with Crippen LogP contribution in [0.1, 0.15) is 26.7 Å². The van der Waals surface area contributed by atoms with Crippen molar-refractivity contribution in [1.29, 1.82) is 0 Å². The van der Waals surface area contributed by atoms with Gasteiger partial charge in [0.25, 0.3) is 0 Å². The molecule has 5 nitrogen and oxygen atoms in total. The second-order valence-corrected chi connectivity index (χ2v) is 5.51. The standard InChI is InChI=1S/C13H27N3O2/c1-4-15-13(2,12(14)17)10-16(3)8-11-6-5-7-18-9-11/h11,15H,4-10H2,1-3H3,(H2,14,17). The van der Waals surface area contributed by atoms with E-state index in [1.165, 1.54) is 6.42 Å². The maximum Gasteiger partial charge on any atom is 0.238 e. The molecule has 3 N–H and O–H groups in total. The molecule has 5 heteroatoms. The van der Waals surface area contributed by atoms with Crippen molar-refractivity contribution < 1.29 is 9.53 Å². The normalized spacial score (nSPS) is 23.9. The first-order valence-corrected chi connectivity index (χ1v) is 6.79. The van der Waals surface area contributed by atoms with Crippen LogP contribution in [0, 0.1) is 5.92 Å². The zero-order chi connectivity index (χ0) is 13.6. The number of likely N-dealkylation sites (N-methyl/N-ethyl adjacent to an activating group) is 2. The van der Waals surface area contributed by atoms with Crippen LogP contribution in [0.25, 0.3) is 0 Å². The number of nitrogens with two attached hydrogens (primary N) is 1. The molecule has 1 fully saturated rings. The molecule has 0 aromatic heterocycles. The summed E-state index contributed by atoms with van der Waals surface area (Å²) >= 11 is 0. The highest BCUT2D eigenvalue weighted by Crippen LogP contribution is 2.15. The largest absolute Gasteiger partial charge is 0.381 e. The lowest BCUT2D eigenvalue weighted by Gasteiger charge is -2.34. The zero-order valence-corrected chi connectivity index (χ0v) is 11.9. The van der Waals surface area contributed by atoms with Crippen LogP contribution in [0.2, 0.25) is 0 Å². The van der Waals surface area contributed by atoms with Crippen LogP contribution in [-0.2, 0) is 9.53 Å². The number of primary amides is 1. The molecule has 0 radical (unpaired) electrons. The molecule has 0 aromatic carbocycles. The summed E-state index contributed by atoms with van der Waals surface area (Å²) in [5, 5.41) is 3.18. The van der Waals surface area contributed by atoms with Crippen molar-refractivity contribution in [3.05, 3.63) is 0 Å². The molecule has 18 heavy (non-hydrogen) atoms. The quantitative estimate of drug-likeness (QED) is 0.683. The molecule has 0 spiro atoms. The van der Waals surface area contributed by atoms with E-state index in [0.29, 0.717) is 12.5 Å². The number of rotatable bonds is 7. The second kappa shape index (κ2) is 7.07. The van der Waals surface area contributed by atoms with Crippen LogP contribution < -0.4 is 11.1 Å². The van der Waals surface area contributed by atoms with Gasteiger partial charge in [-0.3, -0.25) is 4.79 Å². The van der Waals surface area contributed by atoms with Crippen LogP contribution in [0.3, 0.4) is 0 Å². The third-order valence-corrected chi connectivity index (χ3v) is 3.52. The average molecular weight is 257 g/mol. The highest BCUT2D eigenvalue weighted by atomic mass is 16.5. The third-order valence-electron chi connectivity index (χ3n) is 3.52. The Labute approximate surface area is 110 Å². The predicted molar refractivity (Wildman–Crippen MR) is 72.3 cm³/mol. The van der Waals surface area contributed by atoms with Gasteiger partial charge >= 0.3 is 0 Å². The molecule has 1 rings (SSSR count). The lowest BCUT2D eigenvalue weighted by atomic mass is 9.98. The summed E-state index contributed by atoms with van der Waals surface area (Å²) in [6, 6.07) is 0. The minimum atomic E-state index is -0.654. The van der Waals surface area contributed by atoms with Gasteiger partial charge in [-0.1, -0.05) is 6.92 Å². The minimum Gasteiger partial charge on any atom is -0.381 e. The summed E-state index contributed by atoms with van der Waals surface area (Å²) < 4.78 is 5.47. The first-order chi connectivity index (χ1) is 8.48. The zero-order valence-electron chi connectivity index (χ0n) is 11.9. The van der Waals surface area contributed by atoms with Gasteiger partial charge in [0, 0.05) is 19.7 Å². The van der Waals surface area contributed by atoms with Gasteiger partial charge in [0.15, 0.2) is 0 Å². The fourth-order valence-electron chi connectivity index (χ4n) is 2.61. The van der Waals surface area contributed by atoms with E-state index in [4.69, 9.17) is 10.5 Å². The fourth-order valence-corrected chi connectivity index (χ4v) is 2.61. The highest BCUT2D eigenvalue weighted by Gasteiger charge is 2.31. The van der Waals surface area contributed by atoms with E-state index >= 15 is 0 Å². The molecular formula is C13H27N3O2. The number of nitrogens with zero attached hydrogens (tertiary/aromatic N) is 1. The summed E-state index contributed by atoms with van der Waals surface area (Å²) in [6.07, 6.45) is 2.34. The first-order valence-electron chi connectivity index (χ1n) is 6.79. The Balaban J connectivity index is 2.45. The molecule has 106 valence electrons. The third kappa shape index (κ3) is 4.55. The Morgan fingerprint density at radius 2 is 2.33 bits per heavy atom. The number of carbonyl (C=O) groups is 1. The molecule has 0 bridgehead atoms. The Morgan fingerprint density at radius 3 is 2.83 bits per heavy atom. The van der Waals surface area contributed by atoms with Crippen molar-refractivity contribution in [3.63, 3.8) is 0 Å². The van der Waals surface area contributed by atoms with E-state index < -0.39 is 5.54 Å². The van der Waals surface area contributed by atoms with Crippen molar-refractivity contribution in [2.75, 3.05) is 39.9 Å². The summed E-state index contributed by atoms with van der Waals surface area (Å²) in [4.78, 5) is 13.7. The number of carbonyl (C=O) groups excluding carboxylic acids is 1. The molecule has 1 aliphatic heterocycles. The van der Waals surface area contributed by atoms with Crippen LogP contribution >= 0.6 is 0 Å². The van der Waals surface area contributed by atoms with Gasteiger partial charge in [-0.15, -0.1) is 0 Å². The highest BCUT2D eigenvalue weighted by molar-refractivity contribution is 5.84. The minimum absolute atomic E-state index is 0.295. The maximum atomic E-state index is 11.5. The summed E-state index contributed by atoms with van der Waals surface area (Å²) in [5.41, 5.74) is 4.83. The molecule has 1 heterocycles. The smallest absolute Gasteiger partial charge is 0.238 e. The van der Waals surface area contributed by atoms with Crippen molar-refractivity contribution >= 4 is 5.91 Å². The molecule has 2 atom stereocenters. The molecule has 1 amide bonds. The Hall–Kier alpha value is -0.650. The molecule has 0 aliphatic carbocycles. The van der Waals surface area contributed by atoms with Gasteiger partial charge in [-0.25, -0.2) is 0 Å².